The number of hydrogen-bond donors (Lipinski definition) is 3. The predicted octanol–water partition coefficient (Wildman–Crippen LogP) is -0.809. The molecule has 1 saturated heterocycles. The summed E-state index contributed by atoms with van der Waals surface area (Å²) in [6.45, 7) is 0. The van der Waals surface area contributed by atoms with E-state index in [2.05, 4.69) is 5.43 Å². The first kappa shape index (κ1) is 11.0. The molecule has 3 N–H and O–H groups in total. The molecule has 6 nitrogen and oxygen atoms in total. The van der Waals surface area contributed by atoms with Gasteiger partial charge in [0.2, 0.25) is 0 Å². The zero-order valence-electron chi connectivity index (χ0n) is 8.62. The number of methoxy groups -OCH3 is 1. The fourth-order valence-corrected chi connectivity index (χ4v) is 1.53. The number of ether oxygens (including phenoxy) is 1. The van der Waals surface area contributed by atoms with Crippen LogP contribution < -0.4 is 10.4 Å². The van der Waals surface area contributed by atoms with Gasteiger partial charge in [-0.3, -0.25) is 4.79 Å². The number of carbonyl (C=O) groups is 1. The average Bonchev–Trinajstić information content (AvgIpc) is 2.52. The molecule has 1 heterocycles. The van der Waals surface area contributed by atoms with Crippen molar-refractivity contribution in [3.63, 3.8) is 0 Å². The number of hydrazine groups is 1. The molecule has 86 valence electrons. The Kier molecular flexibility index (Phi) is 2.64. The van der Waals surface area contributed by atoms with Crippen molar-refractivity contribution in [2.24, 2.45) is 0 Å². The van der Waals surface area contributed by atoms with Crippen LogP contribution in [0.15, 0.2) is 30.3 Å². The number of hydrogen-bond acceptors (Lipinski definition) is 5. The highest BCUT2D eigenvalue weighted by Crippen LogP contribution is 2.24. The van der Waals surface area contributed by atoms with E-state index in [0.717, 1.165) is 5.01 Å². The van der Waals surface area contributed by atoms with Crippen LogP contribution in [0.1, 0.15) is 0 Å². The van der Waals surface area contributed by atoms with E-state index in [1.165, 1.54) is 7.11 Å². The van der Waals surface area contributed by atoms with E-state index in [0.29, 0.717) is 5.69 Å². The monoisotopic (exact) mass is 224 g/mol. The minimum Gasteiger partial charge on any atom is -0.359 e. The summed E-state index contributed by atoms with van der Waals surface area (Å²) in [6, 6.07) is 8.60. The molecule has 1 aromatic carbocycles. The van der Waals surface area contributed by atoms with Gasteiger partial charge in [-0.1, -0.05) is 18.2 Å². The second kappa shape index (κ2) is 3.84. The Bertz CT molecular complexity index is 393. The summed E-state index contributed by atoms with van der Waals surface area (Å²) < 4.78 is 4.77. The van der Waals surface area contributed by atoms with Crippen LogP contribution in [0.2, 0.25) is 0 Å². The van der Waals surface area contributed by atoms with Crippen LogP contribution in [0, 0.1) is 0 Å². The first-order chi connectivity index (χ1) is 7.57. The van der Waals surface area contributed by atoms with E-state index >= 15 is 0 Å². The molecule has 0 saturated carbocycles. The van der Waals surface area contributed by atoms with Gasteiger partial charge in [0.05, 0.1) is 5.69 Å². The zero-order chi connectivity index (χ0) is 11.8. The molecular formula is C10H12N2O4. The van der Waals surface area contributed by atoms with E-state index in [1.807, 2.05) is 0 Å². The number of benzene rings is 1. The smallest absolute Gasteiger partial charge is 0.305 e. The van der Waals surface area contributed by atoms with Gasteiger partial charge in [0, 0.05) is 7.11 Å². The lowest BCUT2D eigenvalue weighted by molar-refractivity contribution is -0.214. The third kappa shape index (κ3) is 1.57. The van der Waals surface area contributed by atoms with Gasteiger partial charge >= 0.3 is 5.91 Å². The fraction of sp³-hybridized carbons (Fsp3) is 0.300. The SMILES string of the molecule is COC1NN(c2ccccc2)C(=O)C1(O)O. The number of amides is 1. The Labute approximate surface area is 92.0 Å². The highest BCUT2D eigenvalue weighted by molar-refractivity contribution is 5.99. The van der Waals surface area contributed by atoms with Gasteiger partial charge in [0.15, 0.2) is 6.23 Å². The molecule has 2 rings (SSSR count). The van der Waals surface area contributed by atoms with Crippen molar-refractivity contribution in [1.82, 2.24) is 5.43 Å². The molecule has 1 aliphatic rings. The van der Waals surface area contributed by atoms with Gasteiger partial charge in [-0.25, -0.2) is 5.01 Å². The van der Waals surface area contributed by atoms with Gasteiger partial charge in [-0.2, -0.15) is 5.43 Å². The molecule has 1 amide bonds. The van der Waals surface area contributed by atoms with E-state index in [-0.39, 0.29) is 0 Å². The summed E-state index contributed by atoms with van der Waals surface area (Å²) in [5.74, 6) is -3.42. The number of para-hydroxylation sites is 1. The second-order valence-electron chi connectivity index (χ2n) is 3.45. The molecule has 16 heavy (non-hydrogen) atoms. The van der Waals surface area contributed by atoms with Crippen molar-refractivity contribution in [2.45, 2.75) is 12.0 Å². The lowest BCUT2D eigenvalue weighted by Crippen LogP contribution is -2.47. The van der Waals surface area contributed by atoms with E-state index < -0.39 is 17.9 Å². The predicted molar refractivity (Wildman–Crippen MR) is 55.0 cm³/mol. The molecule has 0 aromatic heterocycles. The number of nitrogens with zero attached hydrogens (tertiary/aromatic N) is 1. The topological polar surface area (TPSA) is 82.0 Å². The van der Waals surface area contributed by atoms with Crippen molar-refractivity contribution >= 4 is 11.6 Å². The minimum absolute atomic E-state index is 0.513. The van der Waals surface area contributed by atoms with Crippen LogP contribution in [0.4, 0.5) is 5.69 Å². The molecule has 0 aliphatic carbocycles. The van der Waals surface area contributed by atoms with Gasteiger partial charge in [0.1, 0.15) is 0 Å². The molecule has 1 unspecified atom stereocenters. The zero-order valence-corrected chi connectivity index (χ0v) is 8.62. The number of nitrogens with one attached hydrogen (secondary N) is 1. The lowest BCUT2D eigenvalue weighted by Gasteiger charge is -2.17. The van der Waals surface area contributed by atoms with Gasteiger partial charge in [-0.15, -0.1) is 0 Å². The van der Waals surface area contributed by atoms with Gasteiger partial charge in [0.25, 0.3) is 5.79 Å². The molecule has 6 heteroatoms. The molecular weight excluding hydrogens is 212 g/mol. The van der Waals surface area contributed by atoms with Gasteiger partial charge in [-0.05, 0) is 12.1 Å². The standard InChI is InChI=1S/C10H12N2O4/c1-16-8-10(14,15)9(13)12(11-8)7-5-3-2-4-6-7/h2-6,8,11,14-15H,1H3. The highest BCUT2D eigenvalue weighted by atomic mass is 16.6. The number of anilines is 1. The van der Waals surface area contributed by atoms with Crippen LogP contribution in [0.25, 0.3) is 0 Å². The Balaban J connectivity index is 2.30. The molecule has 0 spiro atoms. The van der Waals surface area contributed by atoms with E-state index in [9.17, 15) is 15.0 Å². The van der Waals surface area contributed by atoms with Crippen LogP contribution in [0.3, 0.4) is 0 Å². The summed E-state index contributed by atoms with van der Waals surface area (Å²) >= 11 is 0. The summed E-state index contributed by atoms with van der Waals surface area (Å²) in [4.78, 5) is 11.7. The summed E-state index contributed by atoms with van der Waals surface area (Å²) in [7, 11) is 1.28. The average molecular weight is 224 g/mol. The third-order valence-corrected chi connectivity index (χ3v) is 2.38. The van der Waals surface area contributed by atoms with Crippen LogP contribution in [-0.4, -0.2) is 35.2 Å². The lowest BCUT2D eigenvalue weighted by atomic mass is 10.2. The van der Waals surface area contributed by atoms with Crippen LogP contribution in [0.5, 0.6) is 0 Å². The van der Waals surface area contributed by atoms with Crippen molar-refractivity contribution in [3.8, 4) is 0 Å². The number of aliphatic hydroxyl groups is 2. The van der Waals surface area contributed by atoms with Crippen molar-refractivity contribution < 1.29 is 19.7 Å². The summed E-state index contributed by atoms with van der Waals surface area (Å²) in [5, 5.41) is 20.1. The molecule has 1 atom stereocenters. The Morgan fingerprint density at radius 3 is 2.50 bits per heavy atom. The van der Waals surface area contributed by atoms with E-state index in [4.69, 9.17) is 4.74 Å². The molecule has 0 bridgehead atoms. The largest absolute Gasteiger partial charge is 0.359 e. The maximum absolute atomic E-state index is 11.7. The van der Waals surface area contributed by atoms with Gasteiger partial charge < -0.3 is 14.9 Å². The molecule has 1 aromatic rings. The van der Waals surface area contributed by atoms with Crippen molar-refractivity contribution in [3.05, 3.63) is 30.3 Å². The Hall–Kier alpha value is -1.47. The highest BCUT2D eigenvalue weighted by Gasteiger charge is 2.53. The quantitative estimate of drug-likeness (QED) is 0.572. The molecule has 0 radical (unpaired) electrons. The van der Waals surface area contributed by atoms with Crippen molar-refractivity contribution in [1.29, 1.82) is 0 Å². The first-order valence-electron chi connectivity index (χ1n) is 4.70. The molecule has 1 aliphatic heterocycles. The first-order valence-corrected chi connectivity index (χ1v) is 4.70. The number of rotatable bonds is 2. The maximum Gasteiger partial charge on any atom is 0.305 e. The van der Waals surface area contributed by atoms with E-state index in [1.54, 1.807) is 30.3 Å². The Morgan fingerprint density at radius 1 is 1.38 bits per heavy atom. The maximum atomic E-state index is 11.7. The summed E-state index contributed by atoms with van der Waals surface area (Å²) in [6.07, 6.45) is -1.18. The second-order valence-corrected chi connectivity index (χ2v) is 3.45. The number of carbonyl (C=O) groups excluding carboxylic acids is 1. The fourth-order valence-electron chi connectivity index (χ4n) is 1.53. The third-order valence-electron chi connectivity index (χ3n) is 2.38. The van der Waals surface area contributed by atoms with Crippen LogP contribution >= 0.6 is 0 Å². The van der Waals surface area contributed by atoms with Crippen LogP contribution in [-0.2, 0) is 9.53 Å². The normalized spacial score (nSPS) is 23.8. The minimum atomic E-state index is -2.55. The molecule has 1 fully saturated rings. The summed E-state index contributed by atoms with van der Waals surface area (Å²) in [5.41, 5.74) is 3.07. The Morgan fingerprint density at radius 2 is 2.00 bits per heavy atom. The van der Waals surface area contributed by atoms with Crippen molar-refractivity contribution in [2.75, 3.05) is 12.1 Å².